The van der Waals surface area contributed by atoms with E-state index in [9.17, 15) is 4.79 Å². The third kappa shape index (κ3) is 18.8. The van der Waals surface area contributed by atoms with E-state index >= 15 is 0 Å². The fourth-order valence-corrected chi connectivity index (χ4v) is 3.03. The number of ether oxygens (including phenoxy) is 7. The Morgan fingerprint density at radius 1 is 0.750 bits per heavy atom. The van der Waals surface area contributed by atoms with Crippen LogP contribution in [0.4, 0.5) is 0 Å². The molecule has 1 unspecified atom stereocenters. The summed E-state index contributed by atoms with van der Waals surface area (Å²) in [6.07, 6.45) is 4.16. The highest BCUT2D eigenvalue weighted by Crippen LogP contribution is 2.13. The number of allylic oxidation sites excluding steroid dienone is 1. The smallest absolute Gasteiger partial charge is 0.251 e. The minimum atomic E-state index is 0.00689. The summed E-state index contributed by atoms with van der Waals surface area (Å²) in [6, 6.07) is 0.286. The summed E-state index contributed by atoms with van der Waals surface area (Å²) in [5.74, 6) is 0.00689. The molecule has 0 radical (unpaired) electrons. The first-order chi connectivity index (χ1) is 17.6. The predicted octanol–water partition coefficient (Wildman–Crippen LogP) is 0.375. The van der Waals surface area contributed by atoms with Crippen molar-refractivity contribution in [3.63, 3.8) is 0 Å². The SMILES string of the molecule is C=C1C=CC(=O)N1CCC(C)NCCOCCOCCOCCOCCOCCOCCOCCO. The summed E-state index contributed by atoms with van der Waals surface area (Å²) >= 11 is 0. The van der Waals surface area contributed by atoms with Crippen LogP contribution < -0.4 is 5.32 Å². The van der Waals surface area contributed by atoms with Crippen LogP contribution in [0, 0.1) is 0 Å². The first-order valence-corrected chi connectivity index (χ1v) is 12.7. The number of aliphatic hydroxyl groups excluding tert-OH is 1. The molecule has 0 saturated heterocycles. The van der Waals surface area contributed by atoms with Crippen molar-refractivity contribution >= 4 is 5.91 Å². The minimum absolute atomic E-state index is 0.00689. The molecule has 0 saturated carbocycles. The van der Waals surface area contributed by atoms with E-state index in [4.69, 9.17) is 38.3 Å². The molecule has 11 nitrogen and oxygen atoms in total. The number of hydrogen-bond donors (Lipinski definition) is 2. The number of rotatable bonds is 27. The molecule has 0 aromatic heterocycles. The summed E-state index contributed by atoms with van der Waals surface area (Å²) in [5, 5.41) is 11.9. The van der Waals surface area contributed by atoms with Gasteiger partial charge in [-0.25, -0.2) is 0 Å². The molecule has 1 aliphatic rings. The Labute approximate surface area is 215 Å². The van der Waals surface area contributed by atoms with Gasteiger partial charge in [0.1, 0.15) is 0 Å². The molecule has 0 bridgehead atoms. The lowest BCUT2D eigenvalue weighted by atomic mass is 10.2. The van der Waals surface area contributed by atoms with Crippen molar-refractivity contribution in [3.8, 4) is 0 Å². The van der Waals surface area contributed by atoms with E-state index in [-0.39, 0.29) is 18.6 Å². The lowest BCUT2D eigenvalue weighted by Gasteiger charge is -2.20. The van der Waals surface area contributed by atoms with Gasteiger partial charge in [-0.2, -0.15) is 0 Å². The van der Waals surface area contributed by atoms with E-state index in [0.717, 1.165) is 18.7 Å². The van der Waals surface area contributed by atoms with Crippen LogP contribution in [-0.4, -0.2) is 134 Å². The summed E-state index contributed by atoms with van der Waals surface area (Å²) in [5.41, 5.74) is 0.757. The normalized spacial score (nSPS) is 14.3. The van der Waals surface area contributed by atoms with Gasteiger partial charge in [0.2, 0.25) is 0 Å². The van der Waals surface area contributed by atoms with Gasteiger partial charge in [0.15, 0.2) is 0 Å². The third-order valence-corrected chi connectivity index (χ3v) is 5.02. The quantitative estimate of drug-likeness (QED) is 0.148. The first kappa shape index (κ1) is 32.6. The topological polar surface area (TPSA) is 117 Å². The average molecular weight is 519 g/mol. The maximum Gasteiger partial charge on any atom is 0.251 e. The van der Waals surface area contributed by atoms with Crippen molar-refractivity contribution in [2.75, 3.05) is 112 Å². The second-order valence-electron chi connectivity index (χ2n) is 7.97. The zero-order valence-electron chi connectivity index (χ0n) is 21.8. The van der Waals surface area contributed by atoms with Crippen LogP contribution in [-0.2, 0) is 38.0 Å². The molecule has 1 amide bonds. The van der Waals surface area contributed by atoms with E-state index in [2.05, 4.69) is 18.8 Å². The van der Waals surface area contributed by atoms with Crippen molar-refractivity contribution in [1.29, 1.82) is 0 Å². The van der Waals surface area contributed by atoms with Crippen LogP contribution in [0.1, 0.15) is 13.3 Å². The number of amides is 1. The molecular formula is C25H46N2O9. The highest BCUT2D eigenvalue weighted by molar-refractivity contribution is 5.92. The van der Waals surface area contributed by atoms with E-state index in [1.165, 1.54) is 0 Å². The van der Waals surface area contributed by atoms with Gasteiger partial charge < -0.3 is 48.5 Å². The molecule has 0 aromatic carbocycles. The minimum Gasteiger partial charge on any atom is -0.394 e. The van der Waals surface area contributed by atoms with E-state index in [1.54, 1.807) is 17.1 Å². The Morgan fingerprint density at radius 2 is 1.17 bits per heavy atom. The molecular weight excluding hydrogens is 472 g/mol. The number of aliphatic hydroxyl groups is 1. The lowest BCUT2D eigenvalue weighted by molar-refractivity contribution is -0.123. The van der Waals surface area contributed by atoms with Gasteiger partial charge >= 0.3 is 0 Å². The van der Waals surface area contributed by atoms with Crippen molar-refractivity contribution < 1.29 is 43.1 Å². The monoisotopic (exact) mass is 518 g/mol. The number of carbonyl (C=O) groups is 1. The lowest BCUT2D eigenvalue weighted by Crippen LogP contribution is -2.34. The van der Waals surface area contributed by atoms with Crippen LogP contribution >= 0.6 is 0 Å². The fraction of sp³-hybridized carbons (Fsp3) is 0.800. The van der Waals surface area contributed by atoms with E-state index in [1.807, 2.05) is 0 Å². The van der Waals surface area contributed by atoms with Gasteiger partial charge in [0.05, 0.1) is 99.1 Å². The molecule has 1 atom stereocenters. The fourth-order valence-electron chi connectivity index (χ4n) is 3.03. The average Bonchev–Trinajstić information content (AvgIpc) is 3.20. The number of carbonyl (C=O) groups excluding carboxylic acids is 1. The van der Waals surface area contributed by atoms with Crippen LogP contribution in [0.2, 0.25) is 0 Å². The van der Waals surface area contributed by atoms with Gasteiger partial charge in [-0.15, -0.1) is 0 Å². The molecule has 210 valence electrons. The van der Waals surface area contributed by atoms with Gasteiger partial charge in [-0.3, -0.25) is 4.79 Å². The molecule has 2 N–H and O–H groups in total. The standard InChI is InChI=1S/C25H46N2O9/c1-23(5-7-27-24(2)3-4-25(27)29)26-6-9-30-11-13-32-15-17-34-19-21-36-22-20-35-18-16-33-14-12-31-10-8-28/h3-4,23,26,28H,2,5-22H2,1H3. The second-order valence-corrected chi connectivity index (χ2v) is 7.97. The van der Waals surface area contributed by atoms with Gasteiger partial charge in [0.25, 0.3) is 5.91 Å². The number of nitrogens with one attached hydrogen (secondary N) is 1. The van der Waals surface area contributed by atoms with Crippen molar-refractivity contribution in [2.24, 2.45) is 0 Å². The highest BCUT2D eigenvalue weighted by Gasteiger charge is 2.18. The van der Waals surface area contributed by atoms with Crippen molar-refractivity contribution in [3.05, 3.63) is 24.4 Å². The zero-order valence-corrected chi connectivity index (χ0v) is 21.8. The molecule has 11 heteroatoms. The summed E-state index contributed by atoms with van der Waals surface area (Å²) in [4.78, 5) is 13.4. The molecule has 0 aromatic rings. The highest BCUT2D eigenvalue weighted by atomic mass is 16.6. The summed E-state index contributed by atoms with van der Waals surface area (Å²) in [6.45, 7) is 14.5. The number of hydrogen-bond acceptors (Lipinski definition) is 10. The molecule has 1 aliphatic heterocycles. The molecule has 36 heavy (non-hydrogen) atoms. The van der Waals surface area contributed by atoms with Crippen LogP contribution in [0.15, 0.2) is 24.4 Å². The van der Waals surface area contributed by atoms with Crippen LogP contribution in [0.3, 0.4) is 0 Å². The number of nitrogens with zero attached hydrogens (tertiary/aromatic N) is 1. The Balaban J connectivity index is 1.70. The maximum absolute atomic E-state index is 11.7. The predicted molar refractivity (Wildman–Crippen MR) is 135 cm³/mol. The summed E-state index contributed by atoms with van der Waals surface area (Å²) in [7, 11) is 0. The van der Waals surface area contributed by atoms with Crippen molar-refractivity contribution in [2.45, 2.75) is 19.4 Å². The largest absolute Gasteiger partial charge is 0.394 e. The first-order valence-electron chi connectivity index (χ1n) is 12.7. The van der Waals surface area contributed by atoms with Gasteiger partial charge in [0, 0.05) is 30.9 Å². The van der Waals surface area contributed by atoms with Crippen LogP contribution in [0.25, 0.3) is 0 Å². The Morgan fingerprint density at radius 3 is 1.56 bits per heavy atom. The maximum atomic E-state index is 11.7. The molecule has 0 fully saturated rings. The van der Waals surface area contributed by atoms with Gasteiger partial charge in [-0.1, -0.05) is 6.58 Å². The third-order valence-electron chi connectivity index (χ3n) is 5.02. The van der Waals surface area contributed by atoms with Gasteiger partial charge in [-0.05, 0) is 19.4 Å². The Kier molecular flexibility index (Phi) is 21.7. The summed E-state index contributed by atoms with van der Waals surface area (Å²) < 4.78 is 37.7. The van der Waals surface area contributed by atoms with E-state index < -0.39 is 0 Å². The zero-order chi connectivity index (χ0) is 26.1. The van der Waals surface area contributed by atoms with E-state index in [0.29, 0.717) is 99.0 Å². The molecule has 0 spiro atoms. The Hall–Kier alpha value is -1.41. The molecule has 0 aliphatic carbocycles. The molecule has 1 heterocycles. The van der Waals surface area contributed by atoms with Crippen molar-refractivity contribution in [1.82, 2.24) is 10.2 Å². The van der Waals surface area contributed by atoms with Crippen LogP contribution in [0.5, 0.6) is 0 Å². The Bertz CT molecular complexity index is 560. The molecule has 1 rings (SSSR count). The second kappa shape index (κ2) is 24.0.